The second-order valence-corrected chi connectivity index (χ2v) is 5.75. The van der Waals surface area contributed by atoms with Gasteiger partial charge in [-0.1, -0.05) is 11.6 Å². The van der Waals surface area contributed by atoms with Crippen LogP contribution in [0.3, 0.4) is 0 Å². The molecule has 1 aromatic carbocycles. The minimum atomic E-state index is 0.213. The Morgan fingerprint density at radius 2 is 2.30 bits per heavy atom. The van der Waals surface area contributed by atoms with E-state index in [4.69, 9.17) is 16.9 Å². The average molecular weight is 418 g/mol. The fourth-order valence-corrected chi connectivity index (χ4v) is 3.12. The zero-order valence-corrected chi connectivity index (χ0v) is 14.0. The van der Waals surface area contributed by atoms with Gasteiger partial charge in [-0.3, -0.25) is 0 Å². The van der Waals surface area contributed by atoms with E-state index in [1.54, 1.807) is 0 Å². The van der Waals surface area contributed by atoms with Crippen molar-refractivity contribution >= 4 is 54.7 Å². The van der Waals surface area contributed by atoms with E-state index in [0.717, 1.165) is 10.0 Å². The maximum atomic E-state index is 9.08. The minimum Gasteiger partial charge on any atom is -0.358 e. The SMILES string of the molecule is Cc1cc(Br)c(NC=C(C#N)c2nn[nH]n2)c(Br)c1Cl. The van der Waals surface area contributed by atoms with E-state index in [9.17, 15) is 0 Å². The highest BCUT2D eigenvalue weighted by Crippen LogP contribution is 2.39. The van der Waals surface area contributed by atoms with Gasteiger partial charge in [0.05, 0.1) is 15.2 Å². The Labute approximate surface area is 136 Å². The predicted molar refractivity (Wildman–Crippen MR) is 83.0 cm³/mol. The van der Waals surface area contributed by atoms with Crippen molar-refractivity contribution in [3.63, 3.8) is 0 Å². The molecule has 1 aromatic heterocycles. The monoisotopic (exact) mass is 416 g/mol. The van der Waals surface area contributed by atoms with Crippen LogP contribution >= 0.6 is 43.5 Å². The van der Waals surface area contributed by atoms with Crippen molar-refractivity contribution in [1.29, 1.82) is 5.26 Å². The molecule has 9 heteroatoms. The molecule has 0 unspecified atom stereocenters. The zero-order chi connectivity index (χ0) is 14.7. The molecule has 0 aliphatic carbocycles. The van der Waals surface area contributed by atoms with Gasteiger partial charge in [0, 0.05) is 10.7 Å². The molecule has 2 N–H and O–H groups in total. The highest BCUT2D eigenvalue weighted by molar-refractivity contribution is 9.11. The van der Waals surface area contributed by atoms with Crippen LogP contribution in [0.25, 0.3) is 5.57 Å². The molecule has 0 bridgehead atoms. The number of allylic oxidation sites excluding steroid dienone is 1. The lowest BCUT2D eigenvalue weighted by atomic mass is 10.2. The van der Waals surface area contributed by atoms with Gasteiger partial charge in [-0.2, -0.15) is 10.5 Å². The number of halogens is 3. The molecular formula is C11H7Br2ClN6. The van der Waals surface area contributed by atoms with E-state index in [2.05, 4.69) is 57.8 Å². The number of tetrazole rings is 1. The van der Waals surface area contributed by atoms with Crippen LogP contribution < -0.4 is 5.32 Å². The van der Waals surface area contributed by atoms with E-state index in [0.29, 0.717) is 15.2 Å². The molecule has 0 atom stereocenters. The lowest BCUT2D eigenvalue weighted by molar-refractivity contribution is 0.881. The van der Waals surface area contributed by atoms with E-state index < -0.39 is 0 Å². The Bertz CT molecular complexity index is 705. The Kier molecular flexibility index (Phi) is 4.75. The lowest BCUT2D eigenvalue weighted by Gasteiger charge is -2.11. The molecule has 0 radical (unpaired) electrons. The number of anilines is 1. The van der Waals surface area contributed by atoms with Gasteiger partial charge >= 0.3 is 0 Å². The van der Waals surface area contributed by atoms with E-state index in [1.807, 2.05) is 19.1 Å². The lowest BCUT2D eigenvalue weighted by Crippen LogP contribution is -1.96. The van der Waals surface area contributed by atoms with Gasteiger partial charge in [-0.15, -0.1) is 10.2 Å². The van der Waals surface area contributed by atoms with Crippen molar-refractivity contribution in [2.45, 2.75) is 6.92 Å². The third-order valence-electron chi connectivity index (χ3n) is 2.41. The van der Waals surface area contributed by atoms with Crippen molar-refractivity contribution < 1.29 is 0 Å². The minimum absolute atomic E-state index is 0.213. The summed E-state index contributed by atoms with van der Waals surface area (Å²) in [6.07, 6.45) is 1.49. The van der Waals surface area contributed by atoms with Crippen LogP contribution in [-0.4, -0.2) is 20.6 Å². The highest BCUT2D eigenvalue weighted by atomic mass is 79.9. The summed E-state index contributed by atoms with van der Waals surface area (Å²) in [5, 5.41) is 25.9. The molecule has 6 nitrogen and oxygen atoms in total. The van der Waals surface area contributed by atoms with Gasteiger partial charge in [0.25, 0.3) is 0 Å². The summed E-state index contributed by atoms with van der Waals surface area (Å²) in [6, 6.07) is 3.87. The summed E-state index contributed by atoms with van der Waals surface area (Å²) in [5.41, 5.74) is 1.88. The molecule has 0 saturated heterocycles. The molecular weight excluding hydrogens is 411 g/mol. The molecule has 0 amide bonds. The van der Waals surface area contributed by atoms with E-state index in [-0.39, 0.29) is 11.4 Å². The summed E-state index contributed by atoms with van der Waals surface area (Å²) in [5.74, 6) is 0.213. The smallest absolute Gasteiger partial charge is 0.216 e. The van der Waals surface area contributed by atoms with E-state index >= 15 is 0 Å². The Morgan fingerprint density at radius 1 is 1.55 bits per heavy atom. The van der Waals surface area contributed by atoms with Gasteiger partial charge in [0.15, 0.2) is 0 Å². The molecule has 0 fully saturated rings. The molecule has 2 rings (SSSR count). The van der Waals surface area contributed by atoms with Crippen LogP contribution in [0.5, 0.6) is 0 Å². The second-order valence-electron chi connectivity index (χ2n) is 3.73. The van der Waals surface area contributed by atoms with Crippen molar-refractivity contribution in [3.8, 4) is 6.07 Å². The van der Waals surface area contributed by atoms with E-state index in [1.165, 1.54) is 6.20 Å². The Hall–Kier alpha value is -1.43. The van der Waals surface area contributed by atoms with Crippen molar-refractivity contribution in [2.24, 2.45) is 0 Å². The third-order valence-corrected chi connectivity index (χ3v) is 4.54. The summed E-state index contributed by atoms with van der Waals surface area (Å²) in [6.45, 7) is 1.90. The maximum absolute atomic E-state index is 9.08. The van der Waals surface area contributed by atoms with Gasteiger partial charge in [0.2, 0.25) is 5.82 Å². The van der Waals surface area contributed by atoms with Gasteiger partial charge < -0.3 is 5.32 Å². The van der Waals surface area contributed by atoms with Crippen molar-refractivity contribution in [3.05, 3.63) is 37.6 Å². The van der Waals surface area contributed by atoms with Gasteiger partial charge in [-0.05, 0) is 55.6 Å². The quantitative estimate of drug-likeness (QED) is 0.586. The predicted octanol–water partition coefficient (Wildman–Crippen LogP) is 3.66. The third kappa shape index (κ3) is 3.00. The number of H-pyrrole nitrogens is 1. The number of aryl methyl sites for hydroxylation is 1. The molecule has 0 spiro atoms. The fraction of sp³-hybridized carbons (Fsp3) is 0.0909. The summed E-state index contributed by atoms with van der Waals surface area (Å²) < 4.78 is 1.51. The summed E-state index contributed by atoms with van der Waals surface area (Å²) in [4.78, 5) is 0. The normalized spacial score (nSPS) is 11.2. The largest absolute Gasteiger partial charge is 0.358 e. The first-order chi connectivity index (χ1) is 9.54. The van der Waals surface area contributed by atoms with Crippen LogP contribution in [0, 0.1) is 18.3 Å². The van der Waals surface area contributed by atoms with Crippen LogP contribution in [0.15, 0.2) is 21.2 Å². The molecule has 20 heavy (non-hydrogen) atoms. The number of rotatable bonds is 3. The number of nitrogens with one attached hydrogen (secondary N) is 2. The van der Waals surface area contributed by atoms with Crippen molar-refractivity contribution in [2.75, 3.05) is 5.32 Å². The first-order valence-corrected chi connectivity index (χ1v) is 7.25. The van der Waals surface area contributed by atoms with Crippen LogP contribution in [0.2, 0.25) is 5.02 Å². The number of aromatic amines is 1. The topological polar surface area (TPSA) is 90.3 Å². The molecule has 0 saturated carbocycles. The summed E-state index contributed by atoms with van der Waals surface area (Å²) in [7, 11) is 0. The van der Waals surface area contributed by atoms with Crippen molar-refractivity contribution in [1.82, 2.24) is 20.6 Å². The average Bonchev–Trinajstić information content (AvgIpc) is 2.94. The molecule has 0 aliphatic rings. The number of hydrogen-bond donors (Lipinski definition) is 2. The molecule has 1 heterocycles. The number of nitrogens with zero attached hydrogens (tertiary/aromatic N) is 4. The molecule has 2 aromatic rings. The van der Waals surface area contributed by atoms with Crippen LogP contribution in [-0.2, 0) is 0 Å². The first kappa shape index (κ1) is 15.0. The Morgan fingerprint density at radius 3 is 2.90 bits per heavy atom. The second kappa shape index (κ2) is 6.35. The summed E-state index contributed by atoms with van der Waals surface area (Å²) >= 11 is 13.0. The number of hydrogen-bond acceptors (Lipinski definition) is 5. The molecule has 102 valence electrons. The van der Waals surface area contributed by atoms with Crippen LogP contribution in [0.1, 0.15) is 11.4 Å². The van der Waals surface area contributed by atoms with Crippen LogP contribution in [0.4, 0.5) is 5.69 Å². The maximum Gasteiger partial charge on any atom is 0.216 e. The number of aromatic nitrogens is 4. The zero-order valence-electron chi connectivity index (χ0n) is 10.1. The number of benzene rings is 1. The fourth-order valence-electron chi connectivity index (χ4n) is 1.41. The standard InChI is InChI=1S/C11H7Br2ClN6/c1-5-2-7(12)10(8(13)9(5)14)16-4-6(3-15)11-17-19-20-18-11/h2,4,16H,1H3,(H,17,18,19,20). The van der Waals surface area contributed by atoms with Gasteiger partial charge in [0.1, 0.15) is 11.6 Å². The molecule has 0 aliphatic heterocycles. The first-order valence-electron chi connectivity index (χ1n) is 5.29. The number of nitriles is 1. The Balaban J connectivity index is 2.36. The van der Waals surface area contributed by atoms with Gasteiger partial charge in [-0.25, -0.2) is 0 Å². The highest BCUT2D eigenvalue weighted by Gasteiger charge is 2.12.